The molecule has 1 heterocycles. The second kappa shape index (κ2) is 8.59. The number of hydrogen-bond donors (Lipinski definition) is 1. The summed E-state index contributed by atoms with van der Waals surface area (Å²) >= 11 is 0. The van der Waals surface area contributed by atoms with Crippen LogP contribution in [0, 0.1) is 0 Å². The first-order valence-electron chi connectivity index (χ1n) is 8.09. The summed E-state index contributed by atoms with van der Waals surface area (Å²) in [5, 5.41) is 9.54. The largest absolute Gasteiger partial charge is 0.462 e. The van der Waals surface area contributed by atoms with Gasteiger partial charge in [-0.05, 0) is 37.6 Å². The highest BCUT2D eigenvalue weighted by molar-refractivity contribution is 7.89. The summed E-state index contributed by atoms with van der Waals surface area (Å²) in [4.78, 5) is 4.48. The lowest BCUT2D eigenvalue weighted by Crippen LogP contribution is -2.12. The van der Waals surface area contributed by atoms with Crippen LogP contribution in [0.15, 0.2) is 60.0 Å². The zero-order valence-corrected chi connectivity index (χ0v) is 15.6. The van der Waals surface area contributed by atoms with E-state index in [4.69, 9.17) is 9.88 Å². The molecule has 0 saturated carbocycles. The SMILES string of the molecule is C=C/C=C\C(=C/C)c1nc(OCCC)nn1-c1ccc(S(N)(=O)=O)cc1. The lowest BCUT2D eigenvalue weighted by Gasteiger charge is -2.07. The van der Waals surface area contributed by atoms with Crippen molar-refractivity contribution in [3.8, 4) is 11.7 Å². The van der Waals surface area contributed by atoms with E-state index < -0.39 is 10.0 Å². The van der Waals surface area contributed by atoms with Gasteiger partial charge in [-0.2, -0.15) is 4.98 Å². The summed E-state index contributed by atoms with van der Waals surface area (Å²) in [7, 11) is -3.76. The summed E-state index contributed by atoms with van der Waals surface area (Å²) in [5.74, 6) is 0.569. The van der Waals surface area contributed by atoms with Crippen molar-refractivity contribution in [3.63, 3.8) is 0 Å². The molecular formula is C18H22N4O3S. The highest BCUT2D eigenvalue weighted by Crippen LogP contribution is 2.22. The predicted molar refractivity (Wildman–Crippen MR) is 102 cm³/mol. The maximum atomic E-state index is 11.4. The minimum Gasteiger partial charge on any atom is -0.462 e. The van der Waals surface area contributed by atoms with Crippen LogP contribution in [0.4, 0.5) is 0 Å². The van der Waals surface area contributed by atoms with Crippen molar-refractivity contribution in [2.75, 3.05) is 6.61 Å². The first-order chi connectivity index (χ1) is 12.4. The fraction of sp³-hybridized carbons (Fsp3) is 0.222. The molecule has 0 radical (unpaired) electrons. The standard InChI is InChI=1S/C18H22N4O3S/c1-4-7-8-14(6-3)17-20-18(25-13-5-2)21-22(17)15-9-11-16(12-10-15)26(19,23)24/h4,6-12H,1,5,13H2,2-3H3,(H2,19,23,24)/b8-7-,14-6+. The van der Waals surface area contributed by atoms with Gasteiger partial charge in [-0.25, -0.2) is 18.2 Å². The van der Waals surface area contributed by atoms with E-state index in [1.165, 1.54) is 12.1 Å². The van der Waals surface area contributed by atoms with E-state index in [9.17, 15) is 8.42 Å². The number of nitrogens with zero attached hydrogens (tertiary/aromatic N) is 3. The van der Waals surface area contributed by atoms with Crippen molar-refractivity contribution in [2.45, 2.75) is 25.2 Å². The molecule has 2 rings (SSSR count). The van der Waals surface area contributed by atoms with Crippen LogP contribution in [0.25, 0.3) is 11.3 Å². The first kappa shape index (κ1) is 19.6. The Hall–Kier alpha value is -2.71. The van der Waals surface area contributed by atoms with E-state index in [2.05, 4.69) is 16.7 Å². The Balaban J connectivity index is 2.53. The number of rotatable bonds is 8. The monoisotopic (exact) mass is 374 g/mol. The first-order valence-corrected chi connectivity index (χ1v) is 9.64. The van der Waals surface area contributed by atoms with Crippen LogP contribution < -0.4 is 9.88 Å². The van der Waals surface area contributed by atoms with Crippen molar-refractivity contribution in [1.82, 2.24) is 14.8 Å². The number of nitrogens with two attached hydrogens (primary N) is 1. The Morgan fingerprint density at radius 3 is 2.58 bits per heavy atom. The topological polar surface area (TPSA) is 100 Å². The molecule has 0 saturated heterocycles. The molecule has 0 amide bonds. The molecule has 0 fully saturated rings. The van der Waals surface area contributed by atoms with Gasteiger partial charge in [0.1, 0.15) is 0 Å². The van der Waals surface area contributed by atoms with Gasteiger partial charge in [0, 0.05) is 5.57 Å². The second-order valence-corrected chi connectivity index (χ2v) is 6.92. The van der Waals surface area contributed by atoms with Gasteiger partial charge in [0.25, 0.3) is 0 Å². The van der Waals surface area contributed by atoms with Gasteiger partial charge >= 0.3 is 6.01 Å². The quantitative estimate of drug-likeness (QED) is 0.716. The van der Waals surface area contributed by atoms with Gasteiger partial charge in [0.2, 0.25) is 10.0 Å². The molecule has 8 heteroatoms. The molecule has 0 unspecified atom stereocenters. The van der Waals surface area contributed by atoms with Gasteiger partial charge < -0.3 is 4.74 Å². The summed E-state index contributed by atoms with van der Waals surface area (Å²) in [6.45, 7) is 8.05. The van der Waals surface area contributed by atoms with Gasteiger partial charge in [-0.1, -0.05) is 37.8 Å². The van der Waals surface area contributed by atoms with E-state index in [0.717, 1.165) is 12.0 Å². The Kier molecular flexibility index (Phi) is 6.48. The molecule has 26 heavy (non-hydrogen) atoms. The summed E-state index contributed by atoms with van der Waals surface area (Å²) in [6, 6.07) is 6.34. The van der Waals surface area contributed by atoms with Crippen LogP contribution in [0.5, 0.6) is 6.01 Å². The van der Waals surface area contributed by atoms with Crippen LogP contribution in [-0.2, 0) is 10.0 Å². The van der Waals surface area contributed by atoms with Crippen LogP contribution in [0.2, 0.25) is 0 Å². The maximum absolute atomic E-state index is 11.4. The minimum atomic E-state index is -3.76. The summed E-state index contributed by atoms with van der Waals surface area (Å²) < 4.78 is 30.0. The third kappa shape index (κ3) is 4.68. The van der Waals surface area contributed by atoms with E-state index in [1.807, 2.05) is 26.0 Å². The average Bonchev–Trinajstić information content (AvgIpc) is 3.04. The number of ether oxygens (including phenoxy) is 1. The highest BCUT2D eigenvalue weighted by atomic mass is 32.2. The van der Waals surface area contributed by atoms with Gasteiger partial charge in [-0.3, -0.25) is 0 Å². The average molecular weight is 374 g/mol. The minimum absolute atomic E-state index is 0.0307. The molecule has 1 aromatic carbocycles. The lowest BCUT2D eigenvalue weighted by atomic mass is 10.2. The molecule has 7 nitrogen and oxygen atoms in total. The molecule has 0 atom stereocenters. The molecule has 1 aromatic heterocycles. The second-order valence-electron chi connectivity index (χ2n) is 5.36. The van der Waals surface area contributed by atoms with Crippen molar-refractivity contribution >= 4 is 15.6 Å². The number of hydrogen-bond acceptors (Lipinski definition) is 5. The summed E-state index contributed by atoms with van der Waals surface area (Å²) in [5.41, 5.74) is 1.46. The van der Waals surface area contributed by atoms with Crippen molar-refractivity contribution in [3.05, 3.63) is 61.0 Å². The fourth-order valence-electron chi connectivity index (χ4n) is 2.16. The number of sulfonamides is 1. The van der Waals surface area contributed by atoms with Crippen molar-refractivity contribution in [2.24, 2.45) is 5.14 Å². The molecule has 0 aliphatic carbocycles. The van der Waals surface area contributed by atoms with Crippen LogP contribution >= 0.6 is 0 Å². The molecule has 2 N–H and O–H groups in total. The van der Waals surface area contributed by atoms with Crippen molar-refractivity contribution < 1.29 is 13.2 Å². The van der Waals surface area contributed by atoms with Gasteiger partial charge in [0.05, 0.1) is 17.2 Å². The molecule has 138 valence electrons. The zero-order chi connectivity index (χ0) is 19.2. The Morgan fingerprint density at radius 2 is 2.04 bits per heavy atom. The Labute approximate surface area is 153 Å². The molecule has 0 spiro atoms. The Morgan fingerprint density at radius 1 is 1.35 bits per heavy atom. The van der Waals surface area contributed by atoms with Crippen LogP contribution in [-0.4, -0.2) is 29.8 Å². The van der Waals surface area contributed by atoms with E-state index in [-0.39, 0.29) is 10.9 Å². The maximum Gasteiger partial charge on any atom is 0.336 e. The third-order valence-corrected chi connectivity index (χ3v) is 4.34. The van der Waals surface area contributed by atoms with E-state index >= 15 is 0 Å². The molecule has 0 aliphatic rings. The zero-order valence-electron chi connectivity index (χ0n) is 14.8. The highest BCUT2D eigenvalue weighted by Gasteiger charge is 2.16. The molecular weight excluding hydrogens is 352 g/mol. The third-order valence-electron chi connectivity index (χ3n) is 3.41. The van der Waals surface area contributed by atoms with Gasteiger partial charge in [-0.15, -0.1) is 5.10 Å². The number of benzene rings is 1. The predicted octanol–water partition coefficient (Wildman–Crippen LogP) is 2.85. The fourth-order valence-corrected chi connectivity index (χ4v) is 2.68. The normalized spacial score (nSPS) is 12.5. The number of aromatic nitrogens is 3. The van der Waals surface area contributed by atoms with E-state index in [1.54, 1.807) is 29.0 Å². The molecule has 0 bridgehead atoms. The number of primary sulfonamides is 1. The van der Waals surface area contributed by atoms with E-state index in [0.29, 0.717) is 18.1 Å². The summed E-state index contributed by atoms with van der Waals surface area (Å²) in [6.07, 6.45) is 8.04. The van der Waals surface area contributed by atoms with Crippen LogP contribution in [0.3, 0.4) is 0 Å². The molecule has 2 aromatic rings. The lowest BCUT2D eigenvalue weighted by molar-refractivity contribution is 0.292. The van der Waals surface area contributed by atoms with Gasteiger partial charge in [0.15, 0.2) is 5.82 Å². The number of allylic oxidation sites excluding steroid dienone is 5. The smallest absolute Gasteiger partial charge is 0.336 e. The Bertz CT molecular complexity index is 926. The van der Waals surface area contributed by atoms with Crippen LogP contribution in [0.1, 0.15) is 26.1 Å². The molecule has 0 aliphatic heterocycles. The van der Waals surface area contributed by atoms with Crippen molar-refractivity contribution in [1.29, 1.82) is 0 Å².